The maximum Gasteiger partial charge on any atom is 0.230 e. The quantitative estimate of drug-likeness (QED) is 0.208. The van der Waals surface area contributed by atoms with Gasteiger partial charge in [-0.1, -0.05) is 62.4 Å². The zero-order valence-corrected chi connectivity index (χ0v) is 21.5. The molecule has 36 heavy (non-hydrogen) atoms. The Balaban J connectivity index is 1.27. The average Bonchev–Trinajstić information content (AvgIpc) is 2.91. The first kappa shape index (κ1) is 25.2. The van der Waals surface area contributed by atoms with Crippen LogP contribution >= 0.6 is 0 Å². The third-order valence-corrected chi connectivity index (χ3v) is 6.40. The predicted octanol–water partition coefficient (Wildman–Crippen LogP) is 7.43. The first-order chi connectivity index (χ1) is 17.5. The highest BCUT2D eigenvalue weighted by atomic mass is 16.7. The van der Waals surface area contributed by atoms with Crippen molar-refractivity contribution >= 4 is 0 Å². The number of benzene rings is 4. The molecule has 0 saturated carbocycles. The van der Waals surface area contributed by atoms with E-state index in [-0.39, 0.29) is 12.2 Å². The highest BCUT2D eigenvalue weighted by Gasteiger charge is 2.23. The van der Waals surface area contributed by atoms with Gasteiger partial charge >= 0.3 is 0 Å². The van der Waals surface area contributed by atoms with Gasteiger partial charge in [0, 0.05) is 5.41 Å². The second-order valence-corrected chi connectivity index (χ2v) is 9.18. The molecular weight excluding hydrogens is 448 g/mol. The van der Waals surface area contributed by atoms with Gasteiger partial charge in [0.2, 0.25) is 6.79 Å². The van der Waals surface area contributed by atoms with E-state index in [0.29, 0.717) is 6.61 Å². The SMILES string of the molecule is CCOc1ccc(Cc2ccc(OCOc3ccc(C(C)(C)c4ccc(OC)cc4)cc3)cc2)cc1. The zero-order chi connectivity index (χ0) is 25.4. The number of ether oxygens (including phenoxy) is 4. The van der Waals surface area contributed by atoms with Gasteiger partial charge in [-0.3, -0.25) is 0 Å². The van der Waals surface area contributed by atoms with E-state index in [4.69, 9.17) is 18.9 Å². The van der Waals surface area contributed by atoms with Crippen molar-refractivity contribution in [1.82, 2.24) is 0 Å². The minimum absolute atomic E-state index is 0.131. The lowest BCUT2D eigenvalue weighted by Crippen LogP contribution is -2.18. The minimum atomic E-state index is -0.131. The molecule has 4 aromatic carbocycles. The largest absolute Gasteiger partial charge is 0.497 e. The van der Waals surface area contributed by atoms with Crippen LogP contribution in [0.2, 0.25) is 0 Å². The first-order valence-corrected chi connectivity index (χ1v) is 12.3. The maximum absolute atomic E-state index is 5.82. The Morgan fingerprint density at radius 1 is 0.528 bits per heavy atom. The van der Waals surface area contributed by atoms with Crippen molar-refractivity contribution in [2.75, 3.05) is 20.5 Å². The van der Waals surface area contributed by atoms with Gasteiger partial charge in [0.25, 0.3) is 0 Å². The van der Waals surface area contributed by atoms with Crippen molar-refractivity contribution in [3.8, 4) is 23.0 Å². The summed E-state index contributed by atoms with van der Waals surface area (Å²) in [7, 11) is 1.68. The molecule has 0 aromatic heterocycles. The molecule has 0 aliphatic carbocycles. The van der Waals surface area contributed by atoms with Crippen LogP contribution in [-0.4, -0.2) is 20.5 Å². The Morgan fingerprint density at radius 3 is 1.33 bits per heavy atom. The van der Waals surface area contributed by atoms with Crippen molar-refractivity contribution in [2.45, 2.75) is 32.6 Å². The first-order valence-electron chi connectivity index (χ1n) is 12.3. The number of hydrogen-bond donors (Lipinski definition) is 0. The Hall–Kier alpha value is -3.92. The van der Waals surface area contributed by atoms with Crippen molar-refractivity contribution in [2.24, 2.45) is 0 Å². The zero-order valence-electron chi connectivity index (χ0n) is 21.5. The molecule has 0 heterocycles. The molecule has 0 spiro atoms. The van der Waals surface area contributed by atoms with Crippen molar-refractivity contribution in [1.29, 1.82) is 0 Å². The molecular formula is C32H34O4. The molecule has 0 bridgehead atoms. The van der Waals surface area contributed by atoms with Crippen LogP contribution in [0, 0.1) is 0 Å². The fourth-order valence-electron chi connectivity index (χ4n) is 4.12. The van der Waals surface area contributed by atoms with Gasteiger partial charge in [-0.2, -0.15) is 0 Å². The maximum atomic E-state index is 5.82. The predicted molar refractivity (Wildman–Crippen MR) is 145 cm³/mol. The molecule has 0 aliphatic heterocycles. The molecule has 4 nitrogen and oxygen atoms in total. The monoisotopic (exact) mass is 482 g/mol. The summed E-state index contributed by atoms with van der Waals surface area (Å²) in [6, 6.07) is 32.8. The summed E-state index contributed by atoms with van der Waals surface area (Å²) in [6.07, 6.45) is 0.863. The topological polar surface area (TPSA) is 36.9 Å². The summed E-state index contributed by atoms with van der Waals surface area (Å²) in [5, 5.41) is 0. The average molecular weight is 483 g/mol. The Labute approximate surface area is 214 Å². The lowest BCUT2D eigenvalue weighted by molar-refractivity contribution is 0.120. The van der Waals surface area contributed by atoms with Crippen LogP contribution in [-0.2, 0) is 11.8 Å². The van der Waals surface area contributed by atoms with Gasteiger partial charge in [-0.25, -0.2) is 0 Å². The van der Waals surface area contributed by atoms with E-state index in [1.165, 1.54) is 22.3 Å². The lowest BCUT2D eigenvalue weighted by atomic mass is 9.78. The lowest BCUT2D eigenvalue weighted by Gasteiger charge is -2.26. The molecule has 0 unspecified atom stereocenters. The van der Waals surface area contributed by atoms with Gasteiger partial charge in [0.15, 0.2) is 0 Å². The molecule has 0 fully saturated rings. The van der Waals surface area contributed by atoms with E-state index < -0.39 is 0 Å². The minimum Gasteiger partial charge on any atom is -0.497 e. The Morgan fingerprint density at radius 2 is 0.917 bits per heavy atom. The molecule has 4 heteroatoms. The van der Waals surface area contributed by atoms with E-state index >= 15 is 0 Å². The summed E-state index contributed by atoms with van der Waals surface area (Å²) in [5.74, 6) is 3.32. The molecule has 4 rings (SSSR count). The second kappa shape index (κ2) is 11.7. The third-order valence-electron chi connectivity index (χ3n) is 6.40. The van der Waals surface area contributed by atoms with Crippen LogP contribution in [0.3, 0.4) is 0 Å². The van der Waals surface area contributed by atoms with Crippen LogP contribution in [0.15, 0.2) is 97.1 Å². The van der Waals surface area contributed by atoms with Gasteiger partial charge in [0.05, 0.1) is 13.7 Å². The fourth-order valence-corrected chi connectivity index (χ4v) is 4.12. The van der Waals surface area contributed by atoms with Crippen LogP contribution < -0.4 is 18.9 Å². The number of rotatable bonds is 11. The molecule has 0 radical (unpaired) electrons. The summed E-state index contributed by atoms with van der Waals surface area (Å²) < 4.78 is 22.4. The Kier molecular flexibility index (Phi) is 8.17. The van der Waals surface area contributed by atoms with Crippen molar-refractivity contribution in [3.63, 3.8) is 0 Å². The van der Waals surface area contributed by atoms with Crippen LogP contribution in [0.4, 0.5) is 0 Å². The van der Waals surface area contributed by atoms with Gasteiger partial charge in [-0.15, -0.1) is 0 Å². The molecule has 0 amide bonds. The summed E-state index contributed by atoms with van der Waals surface area (Å²) in [5.41, 5.74) is 4.78. The molecule has 186 valence electrons. The van der Waals surface area contributed by atoms with Gasteiger partial charge in [0.1, 0.15) is 23.0 Å². The van der Waals surface area contributed by atoms with E-state index in [0.717, 1.165) is 29.4 Å². The molecule has 0 saturated heterocycles. The summed E-state index contributed by atoms with van der Waals surface area (Å²) in [6.45, 7) is 7.25. The Bertz CT molecular complexity index is 1210. The highest BCUT2D eigenvalue weighted by molar-refractivity contribution is 5.42. The van der Waals surface area contributed by atoms with Gasteiger partial charge < -0.3 is 18.9 Å². The molecule has 0 aliphatic rings. The van der Waals surface area contributed by atoms with Crippen molar-refractivity contribution < 1.29 is 18.9 Å². The van der Waals surface area contributed by atoms with E-state index in [9.17, 15) is 0 Å². The van der Waals surface area contributed by atoms with E-state index in [1.54, 1.807) is 7.11 Å². The van der Waals surface area contributed by atoms with E-state index in [2.05, 4.69) is 62.4 Å². The second-order valence-electron chi connectivity index (χ2n) is 9.18. The van der Waals surface area contributed by atoms with E-state index in [1.807, 2.05) is 55.5 Å². The molecule has 4 aromatic rings. The van der Waals surface area contributed by atoms with Crippen LogP contribution in [0.5, 0.6) is 23.0 Å². The normalized spacial score (nSPS) is 11.1. The van der Waals surface area contributed by atoms with Gasteiger partial charge in [-0.05, 0) is 84.1 Å². The summed E-state index contributed by atoms with van der Waals surface area (Å²) >= 11 is 0. The van der Waals surface area contributed by atoms with Crippen LogP contribution in [0.1, 0.15) is 43.0 Å². The third kappa shape index (κ3) is 6.39. The number of methoxy groups -OCH3 is 1. The number of hydrogen-bond acceptors (Lipinski definition) is 4. The van der Waals surface area contributed by atoms with Crippen molar-refractivity contribution in [3.05, 3.63) is 119 Å². The fraction of sp³-hybridized carbons (Fsp3) is 0.250. The molecule has 0 N–H and O–H groups in total. The molecule has 0 atom stereocenters. The summed E-state index contributed by atoms with van der Waals surface area (Å²) in [4.78, 5) is 0. The van der Waals surface area contributed by atoms with Crippen LogP contribution in [0.25, 0.3) is 0 Å². The standard InChI is InChI=1S/C32H34O4/c1-5-34-29-14-6-24(7-15-29)22-25-8-16-30(17-9-25)35-23-36-31-20-12-27(13-21-31)32(2,3)26-10-18-28(33-4)19-11-26/h6-21H,5,22-23H2,1-4H3. The smallest absolute Gasteiger partial charge is 0.230 e. The highest BCUT2D eigenvalue weighted by Crippen LogP contribution is 2.33.